The van der Waals surface area contributed by atoms with E-state index >= 15 is 0 Å². The van der Waals surface area contributed by atoms with Crippen molar-refractivity contribution in [3.63, 3.8) is 0 Å². The molecule has 2 aromatic carbocycles. The summed E-state index contributed by atoms with van der Waals surface area (Å²) in [5, 5.41) is 5.29. The number of nitrogens with one attached hydrogen (secondary N) is 2. The number of H-pyrrole nitrogens is 1. The molecule has 0 saturated heterocycles. The van der Waals surface area contributed by atoms with Gasteiger partial charge < -0.3 is 10.3 Å². The summed E-state index contributed by atoms with van der Waals surface area (Å²) in [5.74, 6) is 1.01. The van der Waals surface area contributed by atoms with Crippen LogP contribution in [0.4, 0.5) is 0 Å². The number of hydrogen-bond acceptors (Lipinski definition) is 5. The number of hydrogen-bond donors (Lipinski definition) is 2. The van der Waals surface area contributed by atoms with Crippen LogP contribution < -0.4 is 10.9 Å². The fourth-order valence-electron chi connectivity index (χ4n) is 3.10. The molecule has 4 rings (SSSR count). The first-order valence-corrected chi connectivity index (χ1v) is 11.5. The van der Waals surface area contributed by atoms with Crippen LogP contribution in [0.1, 0.15) is 18.3 Å². The first-order chi connectivity index (χ1) is 14.6. The molecule has 0 aliphatic rings. The van der Waals surface area contributed by atoms with E-state index in [9.17, 15) is 9.59 Å². The van der Waals surface area contributed by atoms with Gasteiger partial charge >= 0.3 is 0 Å². The van der Waals surface area contributed by atoms with E-state index in [-0.39, 0.29) is 16.7 Å². The van der Waals surface area contributed by atoms with E-state index < -0.39 is 0 Å². The van der Waals surface area contributed by atoms with Gasteiger partial charge in [0.2, 0.25) is 5.91 Å². The van der Waals surface area contributed by atoms with Crippen LogP contribution in [-0.2, 0) is 17.1 Å². The lowest BCUT2D eigenvalue weighted by molar-refractivity contribution is -0.120. The van der Waals surface area contributed by atoms with Gasteiger partial charge in [0.05, 0.1) is 16.4 Å². The van der Waals surface area contributed by atoms with Gasteiger partial charge in [0.25, 0.3) is 5.56 Å². The molecular weight excluding hydrogens is 414 g/mol. The van der Waals surface area contributed by atoms with Gasteiger partial charge in [-0.1, -0.05) is 60.7 Å². The van der Waals surface area contributed by atoms with E-state index in [2.05, 4.69) is 15.3 Å². The lowest BCUT2D eigenvalue weighted by atomic mass is 10.1. The molecule has 0 aliphatic heterocycles. The minimum absolute atomic E-state index is 0.0326. The number of nitrogens with zero attached hydrogens (tertiary/aromatic N) is 1. The number of thiophene rings is 1. The number of aromatic nitrogens is 2. The Morgan fingerprint density at radius 2 is 1.83 bits per heavy atom. The fraction of sp³-hybridized carbons (Fsp3) is 0.174. The average molecular weight is 436 g/mol. The summed E-state index contributed by atoms with van der Waals surface area (Å²) >= 11 is 2.92. The second kappa shape index (κ2) is 9.28. The fourth-order valence-corrected chi connectivity index (χ4v) is 4.85. The maximum Gasteiger partial charge on any atom is 0.260 e. The van der Waals surface area contributed by atoms with Crippen molar-refractivity contribution in [3.05, 3.63) is 87.8 Å². The third-order valence-corrected chi connectivity index (χ3v) is 6.75. The molecule has 0 fully saturated rings. The summed E-state index contributed by atoms with van der Waals surface area (Å²) in [6.45, 7) is 2.36. The monoisotopic (exact) mass is 435 g/mol. The molecule has 2 heterocycles. The van der Waals surface area contributed by atoms with Crippen molar-refractivity contribution >= 4 is 39.2 Å². The summed E-state index contributed by atoms with van der Waals surface area (Å²) in [6, 6.07) is 19.6. The molecule has 1 amide bonds. The second-order valence-electron chi connectivity index (χ2n) is 6.86. The number of amides is 1. The molecule has 30 heavy (non-hydrogen) atoms. The van der Waals surface area contributed by atoms with E-state index in [0.717, 1.165) is 21.5 Å². The van der Waals surface area contributed by atoms with Crippen LogP contribution >= 0.6 is 23.1 Å². The van der Waals surface area contributed by atoms with Gasteiger partial charge in [0.1, 0.15) is 10.7 Å². The van der Waals surface area contributed by atoms with Crippen molar-refractivity contribution in [1.82, 2.24) is 15.3 Å². The zero-order valence-electron chi connectivity index (χ0n) is 16.4. The highest BCUT2D eigenvalue weighted by atomic mass is 32.2. The number of aromatic amines is 1. The van der Waals surface area contributed by atoms with E-state index in [1.807, 2.05) is 73.0 Å². The van der Waals surface area contributed by atoms with Crippen molar-refractivity contribution in [2.75, 3.05) is 0 Å². The summed E-state index contributed by atoms with van der Waals surface area (Å²) in [5.41, 5.74) is 2.82. The molecule has 0 aliphatic carbocycles. The van der Waals surface area contributed by atoms with E-state index in [1.165, 1.54) is 23.1 Å². The molecule has 5 nitrogen and oxygen atoms in total. The molecule has 7 heteroatoms. The lowest BCUT2D eigenvalue weighted by Gasteiger charge is -2.12. The maximum absolute atomic E-state index is 12.7. The van der Waals surface area contributed by atoms with Gasteiger partial charge in [-0.3, -0.25) is 9.59 Å². The Morgan fingerprint density at radius 3 is 2.57 bits per heavy atom. The van der Waals surface area contributed by atoms with Crippen LogP contribution in [0.15, 0.2) is 70.8 Å². The SMILES string of the molecule is CC(SCc1nc2scc(-c3ccccc3)c2c(=O)[nH]1)C(=O)NCc1ccccc1. The molecule has 0 radical (unpaired) electrons. The first kappa shape index (κ1) is 20.4. The summed E-state index contributed by atoms with van der Waals surface area (Å²) in [6.07, 6.45) is 0. The zero-order valence-corrected chi connectivity index (χ0v) is 18.1. The van der Waals surface area contributed by atoms with Crippen LogP contribution in [0.25, 0.3) is 21.3 Å². The highest BCUT2D eigenvalue weighted by Gasteiger charge is 2.16. The van der Waals surface area contributed by atoms with Crippen molar-refractivity contribution in [2.45, 2.75) is 24.5 Å². The predicted molar refractivity (Wildman–Crippen MR) is 125 cm³/mol. The van der Waals surface area contributed by atoms with Gasteiger partial charge in [0, 0.05) is 17.5 Å². The molecule has 1 unspecified atom stereocenters. The van der Waals surface area contributed by atoms with E-state index in [1.54, 1.807) is 0 Å². The molecule has 4 aromatic rings. The zero-order chi connectivity index (χ0) is 20.9. The Labute approximate surface area is 182 Å². The van der Waals surface area contributed by atoms with Gasteiger partial charge in [-0.15, -0.1) is 23.1 Å². The number of carbonyl (C=O) groups excluding carboxylic acids is 1. The minimum Gasteiger partial charge on any atom is -0.351 e. The molecule has 2 N–H and O–H groups in total. The highest BCUT2D eigenvalue weighted by molar-refractivity contribution is 7.99. The molecule has 2 aromatic heterocycles. The van der Waals surface area contributed by atoms with Crippen LogP contribution in [0.2, 0.25) is 0 Å². The summed E-state index contributed by atoms with van der Waals surface area (Å²) in [7, 11) is 0. The highest BCUT2D eigenvalue weighted by Crippen LogP contribution is 2.30. The van der Waals surface area contributed by atoms with Crippen LogP contribution in [0, 0.1) is 0 Å². The average Bonchev–Trinajstić information content (AvgIpc) is 3.22. The Hall–Kier alpha value is -2.90. The van der Waals surface area contributed by atoms with Crippen molar-refractivity contribution in [2.24, 2.45) is 0 Å². The van der Waals surface area contributed by atoms with Crippen molar-refractivity contribution < 1.29 is 4.79 Å². The van der Waals surface area contributed by atoms with E-state index in [4.69, 9.17) is 0 Å². The summed E-state index contributed by atoms with van der Waals surface area (Å²) in [4.78, 5) is 33.3. The quantitative estimate of drug-likeness (QED) is 0.445. The van der Waals surface area contributed by atoms with Gasteiger partial charge in [-0.05, 0) is 18.1 Å². The first-order valence-electron chi connectivity index (χ1n) is 9.61. The van der Waals surface area contributed by atoms with Crippen LogP contribution in [0.5, 0.6) is 0 Å². The lowest BCUT2D eigenvalue weighted by Crippen LogP contribution is -2.30. The number of fused-ring (bicyclic) bond motifs is 1. The molecule has 0 spiro atoms. The predicted octanol–water partition coefficient (Wildman–Crippen LogP) is 4.59. The Morgan fingerprint density at radius 1 is 1.13 bits per heavy atom. The number of benzene rings is 2. The van der Waals surface area contributed by atoms with Crippen LogP contribution in [-0.4, -0.2) is 21.1 Å². The number of carbonyl (C=O) groups is 1. The largest absolute Gasteiger partial charge is 0.351 e. The number of rotatable bonds is 7. The van der Waals surface area contributed by atoms with Gasteiger partial charge in [-0.2, -0.15) is 0 Å². The standard InChI is InChI=1S/C23H21N3O2S2/c1-15(21(27)24-12-16-8-4-2-5-9-16)29-14-19-25-22(28)20-18(13-30-23(20)26-19)17-10-6-3-7-11-17/h2-11,13,15H,12,14H2,1H3,(H,24,27)(H,25,26,28). The Balaban J connectivity index is 1.42. The van der Waals surface area contributed by atoms with Crippen LogP contribution in [0.3, 0.4) is 0 Å². The Kier molecular flexibility index (Phi) is 6.30. The Bertz CT molecular complexity index is 1200. The summed E-state index contributed by atoms with van der Waals surface area (Å²) < 4.78 is 0. The molecule has 0 saturated carbocycles. The normalized spacial score (nSPS) is 12.0. The van der Waals surface area contributed by atoms with E-state index in [0.29, 0.717) is 23.5 Å². The maximum atomic E-state index is 12.7. The smallest absolute Gasteiger partial charge is 0.260 e. The third kappa shape index (κ3) is 4.63. The molecular formula is C23H21N3O2S2. The second-order valence-corrected chi connectivity index (χ2v) is 9.05. The van der Waals surface area contributed by atoms with Gasteiger partial charge in [-0.25, -0.2) is 4.98 Å². The van der Waals surface area contributed by atoms with Gasteiger partial charge in [0.15, 0.2) is 0 Å². The van der Waals surface area contributed by atoms with Crippen molar-refractivity contribution in [1.29, 1.82) is 0 Å². The number of thioether (sulfide) groups is 1. The molecule has 152 valence electrons. The topological polar surface area (TPSA) is 74.8 Å². The molecule has 1 atom stereocenters. The minimum atomic E-state index is -0.252. The molecule has 0 bridgehead atoms. The third-order valence-electron chi connectivity index (χ3n) is 4.73. The van der Waals surface area contributed by atoms with Crippen molar-refractivity contribution in [3.8, 4) is 11.1 Å².